The van der Waals surface area contributed by atoms with E-state index in [0.29, 0.717) is 0 Å². The van der Waals surface area contributed by atoms with Crippen molar-refractivity contribution in [3.05, 3.63) is 40.0 Å². The number of rotatable bonds is 5. The third-order valence-corrected chi connectivity index (χ3v) is 4.67. The molecule has 0 atom stereocenters. The Morgan fingerprint density at radius 3 is 2.76 bits per heavy atom. The molecule has 1 heterocycles. The summed E-state index contributed by atoms with van der Waals surface area (Å²) in [6.07, 6.45) is 4.65. The molecule has 0 unspecified atom stereocenters. The lowest BCUT2D eigenvalue weighted by Gasteiger charge is -2.11. The van der Waals surface area contributed by atoms with Crippen molar-refractivity contribution in [1.29, 1.82) is 0 Å². The number of nitrogens with one attached hydrogen (secondary N) is 1. The summed E-state index contributed by atoms with van der Waals surface area (Å²) in [5, 5.41) is 3.16. The SMILES string of the molecule is CCCc1nc(-c2cccc(C3CC3)c2)nc(NC)c1Br. The lowest BCUT2D eigenvalue weighted by molar-refractivity contribution is 0.869. The second-order valence-electron chi connectivity index (χ2n) is 5.56. The van der Waals surface area contributed by atoms with Crippen molar-refractivity contribution >= 4 is 21.7 Å². The molecule has 21 heavy (non-hydrogen) atoms. The molecule has 0 amide bonds. The first kappa shape index (κ1) is 14.5. The van der Waals surface area contributed by atoms with E-state index in [9.17, 15) is 0 Å². The quantitative estimate of drug-likeness (QED) is 0.847. The lowest BCUT2D eigenvalue weighted by Crippen LogP contribution is -2.03. The van der Waals surface area contributed by atoms with Gasteiger partial charge in [-0.15, -0.1) is 0 Å². The molecular weight excluding hydrogens is 326 g/mol. The van der Waals surface area contributed by atoms with Crippen molar-refractivity contribution in [2.45, 2.75) is 38.5 Å². The zero-order valence-corrected chi connectivity index (χ0v) is 14.1. The Bertz CT molecular complexity index is 650. The highest BCUT2D eigenvalue weighted by molar-refractivity contribution is 9.10. The molecule has 3 rings (SSSR count). The average Bonchev–Trinajstić information content (AvgIpc) is 3.34. The first-order valence-corrected chi connectivity index (χ1v) is 8.36. The van der Waals surface area contributed by atoms with Gasteiger partial charge in [-0.1, -0.05) is 31.5 Å². The van der Waals surface area contributed by atoms with E-state index in [1.54, 1.807) is 0 Å². The molecule has 1 aliphatic rings. The van der Waals surface area contributed by atoms with E-state index in [1.807, 2.05) is 7.05 Å². The van der Waals surface area contributed by atoms with Crippen molar-refractivity contribution in [2.24, 2.45) is 0 Å². The molecule has 0 aliphatic heterocycles. The van der Waals surface area contributed by atoms with Gasteiger partial charge in [0, 0.05) is 12.6 Å². The van der Waals surface area contributed by atoms with Crippen molar-refractivity contribution in [3.63, 3.8) is 0 Å². The molecule has 0 bridgehead atoms. The van der Waals surface area contributed by atoms with Gasteiger partial charge in [-0.25, -0.2) is 9.97 Å². The van der Waals surface area contributed by atoms with Crippen LogP contribution in [0.2, 0.25) is 0 Å². The number of nitrogens with zero attached hydrogens (tertiary/aromatic N) is 2. The normalized spacial score (nSPS) is 14.2. The fraction of sp³-hybridized carbons (Fsp3) is 0.412. The van der Waals surface area contributed by atoms with Gasteiger partial charge in [0.15, 0.2) is 5.82 Å². The molecule has 4 heteroatoms. The standard InChI is InChI=1S/C17H20BrN3/c1-3-5-14-15(18)17(19-2)21-16(20-14)13-7-4-6-12(10-13)11-8-9-11/h4,6-7,10-11H,3,5,8-9H2,1-2H3,(H,19,20,21). The van der Waals surface area contributed by atoms with Crippen molar-refractivity contribution in [2.75, 3.05) is 12.4 Å². The summed E-state index contributed by atoms with van der Waals surface area (Å²) in [6, 6.07) is 8.68. The largest absolute Gasteiger partial charge is 0.372 e. The molecule has 3 nitrogen and oxygen atoms in total. The second-order valence-corrected chi connectivity index (χ2v) is 6.35. The number of aryl methyl sites for hydroxylation is 1. The summed E-state index contributed by atoms with van der Waals surface area (Å²) in [7, 11) is 1.90. The van der Waals surface area contributed by atoms with Crippen LogP contribution < -0.4 is 5.32 Å². The minimum atomic E-state index is 0.749. The monoisotopic (exact) mass is 345 g/mol. The van der Waals surface area contributed by atoms with Gasteiger partial charge in [0.2, 0.25) is 0 Å². The number of hydrogen-bond acceptors (Lipinski definition) is 3. The fourth-order valence-electron chi connectivity index (χ4n) is 2.54. The van der Waals surface area contributed by atoms with Crippen LogP contribution in [0.5, 0.6) is 0 Å². The lowest BCUT2D eigenvalue weighted by atomic mass is 10.1. The summed E-state index contributed by atoms with van der Waals surface area (Å²) in [6.45, 7) is 2.17. The van der Waals surface area contributed by atoms with E-state index in [-0.39, 0.29) is 0 Å². The minimum absolute atomic E-state index is 0.749. The third-order valence-electron chi connectivity index (χ3n) is 3.84. The van der Waals surface area contributed by atoms with Gasteiger partial charge in [-0.2, -0.15) is 0 Å². The summed E-state index contributed by atoms with van der Waals surface area (Å²) >= 11 is 3.61. The highest BCUT2D eigenvalue weighted by Crippen LogP contribution is 2.41. The number of halogens is 1. The predicted molar refractivity (Wildman–Crippen MR) is 90.7 cm³/mol. The van der Waals surface area contributed by atoms with Crippen LogP contribution in [-0.2, 0) is 6.42 Å². The van der Waals surface area contributed by atoms with Crippen LogP contribution in [0.3, 0.4) is 0 Å². The third kappa shape index (κ3) is 3.10. The van der Waals surface area contributed by atoms with Crippen LogP contribution in [0.15, 0.2) is 28.7 Å². The maximum absolute atomic E-state index is 4.76. The second kappa shape index (κ2) is 6.14. The molecule has 0 radical (unpaired) electrons. The van der Waals surface area contributed by atoms with E-state index in [2.05, 4.69) is 57.4 Å². The van der Waals surface area contributed by atoms with Gasteiger partial charge in [-0.3, -0.25) is 0 Å². The topological polar surface area (TPSA) is 37.8 Å². The first-order valence-electron chi connectivity index (χ1n) is 7.57. The number of benzene rings is 1. The van der Waals surface area contributed by atoms with Gasteiger partial charge in [0.05, 0.1) is 10.2 Å². The van der Waals surface area contributed by atoms with Crippen LogP contribution in [0.4, 0.5) is 5.82 Å². The average molecular weight is 346 g/mol. The number of aromatic nitrogens is 2. The Morgan fingerprint density at radius 2 is 2.10 bits per heavy atom. The van der Waals surface area contributed by atoms with Gasteiger partial charge in [-0.05, 0) is 52.7 Å². The Labute approximate surface area is 134 Å². The van der Waals surface area contributed by atoms with Crippen LogP contribution in [-0.4, -0.2) is 17.0 Å². The molecule has 0 saturated heterocycles. The summed E-state index contributed by atoms with van der Waals surface area (Å²) in [5.41, 5.74) is 3.60. The molecule has 1 aromatic heterocycles. The first-order chi connectivity index (χ1) is 10.2. The molecule has 0 spiro atoms. The number of hydrogen-bond donors (Lipinski definition) is 1. The van der Waals surface area contributed by atoms with E-state index in [1.165, 1.54) is 18.4 Å². The van der Waals surface area contributed by atoms with Gasteiger partial charge >= 0.3 is 0 Å². The Balaban J connectivity index is 2.04. The van der Waals surface area contributed by atoms with Gasteiger partial charge in [0.25, 0.3) is 0 Å². The van der Waals surface area contributed by atoms with Crippen molar-refractivity contribution in [1.82, 2.24) is 9.97 Å². The van der Waals surface area contributed by atoms with Crippen molar-refractivity contribution in [3.8, 4) is 11.4 Å². The number of anilines is 1. The smallest absolute Gasteiger partial charge is 0.161 e. The summed E-state index contributed by atoms with van der Waals surface area (Å²) < 4.78 is 0.981. The zero-order valence-electron chi connectivity index (χ0n) is 12.5. The molecule has 1 N–H and O–H groups in total. The van der Waals surface area contributed by atoms with E-state index < -0.39 is 0 Å². The van der Waals surface area contributed by atoms with E-state index in [4.69, 9.17) is 4.98 Å². The van der Waals surface area contributed by atoms with Gasteiger partial charge < -0.3 is 5.32 Å². The van der Waals surface area contributed by atoms with Crippen LogP contribution in [0, 0.1) is 0 Å². The molecule has 1 aromatic carbocycles. The zero-order chi connectivity index (χ0) is 14.8. The van der Waals surface area contributed by atoms with Crippen LogP contribution in [0.1, 0.15) is 43.4 Å². The van der Waals surface area contributed by atoms with Crippen LogP contribution >= 0.6 is 15.9 Å². The molecule has 110 valence electrons. The molecular formula is C17H20BrN3. The Kier molecular flexibility index (Phi) is 4.24. The minimum Gasteiger partial charge on any atom is -0.372 e. The summed E-state index contributed by atoms with van der Waals surface area (Å²) in [4.78, 5) is 9.42. The van der Waals surface area contributed by atoms with E-state index in [0.717, 1.165) is 46.1 Å². The van der Waals surface area contributed by atoms with Crippen molar-refractivity contribution < 1.29 is 0 Å². The molecule has 1 saturated carbocycles. The predicted octanol–water partition coefficient (Wildman–Crippen LogP) is 4.78. The van der Waals surface area contributed by atoms with E-state index >= 15 is 0 Å². The molecule has 2 aromatic rings. The fourth-order valence-corrected chi connectivity index (χ4v) is 3.11. The van der Waals surface area contributed by atoms with Crippen LogP contribution in [0.25, 0.3) is 11.4 Å². The summed E-state index contributed by atoms with van der Waals surface area (Å²) in [5.74, 6) is 2.42. The highest BCUT2D eigenvalue weighted by atomic mass is 79.9. The maximum atomic E-state index is 4.76. The molecule has 1 fully saturated rings. The molecule has 1 aliphatic carbocycles. The van der Waals surface area contributed by atoms with Gasteiger partial charge in [0.1, 0.15) is 5.82 Å². The highest BCUT2D eigenvalue weighted by Gasteiger charge is 2.23. The Hall–Kier alpha value is -1.42. The Morgan fingerprint density at radius 1 is 1.29 bits per heavy atom. The maximum Gasteiger partial charge on any atom is 0.161 e.